The van der Waals surface area contributed by atoms with Crippen molar-refractivity contribution in [3.63, 3.8) is 0 Å². The summed E-state index contributed by atoms with van der Waals surface area (Å²) in [5.74, 6) is 0.339. The number of nitriles is 1. The smallest absolute Gasteiger partial charge is 0.416 e. The molecule has 2 N–H and O–H groups in total. The van der Waals surface area contributed by atoms with Crippen molar-refractivity contribution in [2.24, 2.45) is 5.41 Å². The molecule has 2 fully saturated rings. The largest absolute Gasteiger partial charge is 0.441 e. The van der Waals surface area contributed by atoms with Crippen LogP contribution in [-0.4, -0.2) is 66.0 Å². The number of anilines is 1. The molecular formula is C29H37N6O7P2. The van der Waals surface area contributed by atoms with E-state index in [9.17, 15) is 29.0 Å². The van der Waals surface area contributed by atoms with E-state index < -0.39 is 39.5 Å². The maximum atomic E-state index is 13.1. The summed E-state index contributed by atoms with van der Waals surface area (Å²) in [5.41, 5.74) is 0.823. The van der Waals surface area contributed by atoms with E-state index in [0.29, 0.717) is 36.6 Å². The summed E-state index contributed by atoms with van der Waals surface area (Å²) in [6.07, 6.45) is 7.78. The molecule has 3 heterocycles. The Morgan fingerprint density at radius 3 is 2.68 bits per heavy atom. The Morgan fingerprint density at radius 1 is 1.20 bits per heavy atom. The summed E-state index contributed by atoms with van der Waals surface area (Å²) >= 11 is 0. The summed E-state index contributed by atoms with van der Waals surface area (Å²) in [6, 6.07) is 7.64. The van der Waals surface area contributed by atoms with E-state index in [1.807, 2.05) is 12.1 Å². The highest BCUT2D eigenvalue weighted by molar-refractivity contribution is 7.38. The second-order valence-corrected chi connectivity index (χ2v) is 14.9. The molecule has 15 heteroatoms. The van der Waals surface area contributed by atoms with E-state index in [0.717, 1.165) is 30.3 Å². The monoisotopic (exact) mass is 643 g/mol. The van der Waals surface area contributed by atoms with E-state index in [1.165, 1.54) is 23.7 Å². The lowest BCUT2D eigenvalue weighted by atomic mass is 9.68. The summed E-state index contributed by atoms with van der Waals surface area (Å²) in [5, 5.41) is 9.35. The average Bonchev–Trinajstić information content (AvgIpc) is 3.49. The normalized spacial score (nSPS) is 24.3. The van der Waals surface area contributed by atoms with Gasteiger partial charge in [-0.15, -0.1) is 0 Å². The first kappa shape index (κ1) is 32.3. The van der Waals surface area contributed by atoms with Gasteiger partial charge in [0.15, 0.2) is 21.9 Å². The van der Waals surface area contributed by atoms with Crippen LogP contribution in [0.2, 0.25) is 0 Å². The highest BCUT2D eigenvalue weighted by Crippen LogP contribution is 2.48. The van der Waals surface area contributed by atoms with Gasteiger partial charge >= 0.3 is 6.09 Å². The third-order valence-electron chi connectivity index (χ3n) is 8.34. The Labute approximate surface area is 257 Å². The van der Waals surface area contributed by atoms with E-state index in [1.54, 1.807) is 26.2 Å². The molecule has 3 unspecified atom stereocenters. The number of rotatable bonds is 11. The van der Waals surface area contributed by atoms with Crippen LogP contribution < -0.4 is 4.90 Å². The lowest BCUT2D eigenvalue weighted by molar-refractivity contribution is -0.0559. The number of carbonyl (C=O) groups excluding carboxylic acids is 1. The minimum absolute atomic E-state index is 0.135. The van der Waals surface area contributed by atoms with Gasteiger partial charge in [0.25, 0.3) is 0 Å². The van der Waals surface area contributed by atoms with Crippen LogP contribution in [-0.2, 0) is 30.7 Å². The number of fused-ring (bicyclic) bond motifs is 1. The van der Waals surface area contributed by atoms with Crippen molar-refractivity contribution in [1.82, 2.24) is 19.5 Å². The van der Waals surface area contributed by atoms with Crippen LogP contribution in [0.4, 0.5) is 10.6 Å². The minimum atomic E-state index is -2.89. The van der Waals surface area contributed by atoms with Crippen molar-refractivity contribution >= 4 is 39.0 Å². The van der Waals surface area contributed by atoms with Crippen LogP contribution >= 0.6 is 16.1 Å². The molecule has 3 aromatic rings. The molecular weight excluding hydrogens is 606 g/mol. The summed E-state index contributed by atoms with van der Waals surface area (Å²) in [7, 11) is -5.69. The fraction of sp³-hybridized carbons (Fsp3) is 0.517. The standard InChI is InChI=1S/C29H37N6O7P2/c1-27(2,41-21(15-44(39)40)7-10-43(37)38)24-13-32-25(14-31-24)35-18-29(42-26(35)36)9-4-8-28(3,16-29)17-34-19-33-22-6-5-20(12-30)11-23(22)34/h5-7,11,13-14,19,21,43-44H,4,8-10,15-18H2,1-3H3,(H,37,38)(H,39,40)/t21?,28-,29-/m0/s1. The van der Waals surface area contributed by atoms with Crippen molar-refractivity contribution in [3.05, 3.63) is 54.6 Å². The Bertz CT molecular complexity index is 1620. The van der Waals surface area contributed by atoms with Crippen molar-refractivity contribution < 1.29 is 33.2 Å². The lowest BCUT2D eigenvalue weighted by Gasteiger charge is -2.43. The molecule has 0 bridgehead atoms. The third-order valence-corrected chi connectivity index (χ3v) is 9.68. The van der Waals surface area contributed by atoms with Crippen LogP contribution in [0.25, 0.3) is 11.0 Å². The number of carbonyl (C=O) groups is 1. The van der Waals surface area contributed by atoms with Gasteiger partial charge in [0, 0.05) is 25.3 Å². The van der Waals surface area contributed by atoms with Gasteiger partial charge in [0.05, 0.1) is 59.7 Å². The average molecular weight is 644 g/mol. The molecule has 2 aromatic heterocycles. The number of benzene rings is 1. The molecule has 1 saturated carbocycles. The topological polar surface area (TPSA) is 181 Å². The van der Waals surface area contributed by atoms with E-state index in [2.05, 4.69) is 32.5 Å². The van der Waals surface area contributed by atoms with Gasteiger partial charge in [-0.05, 0) is 63.1 Å². The van der Waals surface area contributed by atoms with Gasteiger partial charge in [-0.25, -0.2) is 14.8 Å². The van der Waals surface area contributed by atoms with Gasteiger partial charge in [0.2, 0.25) is 0 Å². The molecule has 2 aliphatic rings. The fourth-order valence-corrected chi connectivity index (χ4v) is 7.46. The van der Waals surface area contributed by atoms with Gasteiger partial charge in [-0.2, -0.15) is 5.26 Å². The first-order valence-electron chi connectivity index (χ1n) is 14.4. The molecule has 1 aromatic carbocycles. The maximum absolute atomic E-state index is 13.1. The van der Waals surface area contributed by atoms with Gasteiger partial charge < -0.3 is 23.8 Å². The highest BCUT2D eigenvalue weighted by atomic mass is 31.1. The number of nitrogens with zero attached hydrogens (tertiary/aromatic N) is 6. The molecule has 235 valence electrons. The number of hydrogen-bond acceptors (Lipinski definition) is 9. The fourth-order valence-electron chi connectivity index (χ4n) is 6.40. The molecule has 5 atom stereocenters. The maximum Gasteiger partial charge on any atom is 0.416 e. The highest BCUT2D eigenvalue weighted by Gasteiger charge is 2.52. The second kappa shape index (κ2) is 12.7. The second-order valence-electron chi connectivity index (χ2n) is 12.5. The SMILES string of the molecule is CC(C)(OC([CH]C[PH](=O)O)C[PH](=O)O)c1cnc(N2C[C@@]3(CCC[C@](C)(Cn4cnc5ccc(C#N)cc54)C3)OC2=O)cn1. The minimum Gasteiger partial charge on any atom is -0.441 e. The Morgan fingerprint density at radius 2 is 2.00 bits per heavy atom. The molecule has 1 aliphatic carbocycles. The molecule has 1 spiro atoms. The predicted molar refractivity (Wildman–Crippen MR) is 164 cm³/mol. The van der Waals surface area contributed by atoms with Crippen LogP contribution in [0.15, 0.2) is 36.9 Å². The van der Waals surface area contributed by atoms with E-state index in [4.69, 9.17) is 9.47 Å². The van der Waals surface area contributed by atoms with Crippen LogP contribution in [0.1, 0.15) is 57.7 Å². The molecule has 1 aliphatic heterocycles. The van der Waals surface area contributed by atoms with E-state index >= 15 is 0 Å². The Kier molecular flexibility index (Phi) is 9.31. The molecule has 1 amide bonds. The first-order chi connectivity index (χ1) is 20.8. The number of ether oxygens (including phenoxy) is 2. The van der Waals surface area contributed by atoms with Crippen molar-refractivity contribution in [3.8, 4) is 6.07 Å². The van der Waals surface area contributed by atoms with E-state index in [-0.39, 0.29) is 17.7 Å². The lowest BCUT2D eigenvalue weighted by Crippen LogP contribution is -2.45. The van der Waals surface area contributed by atoms with Crippen molar-refractivity contribution in [2.45, 2.75) is 70.3 Å². The zero-order valence-electron chi connectivity index (χ0n) is 24.9. The van der Waals surface area contributed by atoms with Gasteiger partial charge in [-0.3, -0.25) is 19.0 Å². The van der Waals surface area contributed by atoms with Crippen LogP contribution in [0.3, 0.4) is 0 Å². The van der Waals surface area contributed by atoms with Crippen LogP contribution in [0.5, 0.6) is 0 Å². The summed E-state index contributed by atoms with van der Waals surface area (Å²) in [6.45, 7) is 6.64. The molecule has 44 heavy (non-hydrogen) atoms. The van der Waals surface area contributed by atoms with Crippen molar-refractivity contribution in [2.75, 3.05) is 23.8 Å². The number of aromatic nitrogens is 4. The Hall–Kier alpha value is -3.13. The quantitative estimate of drug-likeness (QED) is 0.282. The third kappa shape index (κ3) is 7.22. The molecule has 1 radical (unpaired) electrons. The molecule has 5 rings (SSSR count). The number of hydrogen-bond donors (Lipinski definition) is 2. The number of imidazole rings is 1. The van der Waals surface area contributed by atoms with Crippen molar-refractivity contribution in [1.29, 1.82) is 5.26 Å². The summed E-state index contributed by atoms with van der Waals surface area (Å²) in [4.78, 5) is 46.7. The van der Waals surface area contributed by atoms with Gasteiger partial charge in [-0.1, -0.05) is 6.92 Å². The number of amides is 1. The zero-order chi connectivity index (χ0) is 31.7. The predicted octanol–water partition coefficient (Wildman–Crippen LogP) is 4.43. The van der Waals surface area contributed by atoms with Gasteiger partial charge in [0.1, 0.15) is 11.2 Å². The molecule has 13 nitrogen and oxygen atoms in total. The zero-order valence-corrected chi connectivity index (χ0v) is 26.9. The first-order valence-corrected chi connectivity index (χ1v) is 17.6. The summed E-state index contributed by atoms with van der Waals surface area (Å²) < 4.78 is 36.8. The molecule has 1 saturated heterocycles. The Balaban J connectivity index is 1.28. The van der Waals surface area contributed by atoms with Crippen LogP contribution in [0, 0.1) is 23.2 Å².